The summed E-state index contributed by atoms with van der Waals surface area (Å²) in [5.74, 6) is -2.99. The van der Waals surface area contributed by atoms with Crippen molar-refractivity contribution in [3.8, 4) is 0 Å². The predicted octanol–water partition coefficient (Wildman–Crippen LogP) is 5.39. The number of hydrogen-bond donors (Lipinski definition) is 3. The number of fused-ring (bicyclic) bond motifs is 1. The van der Waals surface area contributed by atoms with Gasteiger partial charge in [0.25, 0.3) is 0 Å². The zero-order valence-corrected chi connectivity index (χ0v) is 33.8. The first-order valence-corrected chi connectivity index (χ1v) is 19.8. The van der Waals surface area contributed by atoms with Crippen molar-refractivity contribution in [1.29, 1.82) is 0 Å². The van der Waals surface area contributed by atoms with E-state index in [0.29, 0.717) is 24.0 Å². The quantitative estimate of drug-likeness (QED) is 0.0838. The van der Waals surface area contributed by atoms with E-state index in [-0.39, 0.29) is 50.3 Å². The molecule has 13 nitrogen and oxygen atoms in total. The average Bonchev–Trinajstić information content (AvgIpc) is 3.50. The summed E-state index contributed by atoms with van der Waals surface area (Å²) >= 11 is 0. The Morgan fingerprint density at radius 2 is 1.67 bits per heavy atom. The van der Waals surface area contributed by atoms with Crippen molar-refractivity contribution >= 4 is 35.7 Å². The molecule has 306 valence electrons. The van der Waals surface area contributed by atoms with E-state index in [0.717, 1.165) is 38.5 Å². The molecular weight excluding hydrogens is 706 g/mol. The molecule has 0 unspecified atom stereocenters. The maximum Gasteiger partial charge on any atom is 0.339 e. The van der Waals surface area contributed by atoms with Crippen LogP contribution in [0.15, 0.2) is 42.0 Å². The van der Waals surface area contributed by atoms with Crippen LogP contribution in [0.3, 0.4) is 0 Å². The Morgan fingerprint density at radius 3 is 2.29 bits per heavy atom. The second kappa shape index (κ2) is 21.9. The van der Waals surface area contributed by atoms with Crippen LogP contribution in [0.25, 0.3) is 6.08 Å². The molecule has 13 heteroatoms. The Balaban J connectivity index is 1.76. The van der Waals surface area contributed by atoms with Crippen LogP contribution >= 0.6 is 0 Å². The Labute approximate surface area is 326 Å². The number of unbranched alkanes of at least 4 members (excludes halogenated alkanes) is 4. The van der Waals surface area contributed by atoms with Gasteiger partial charge in [-0.05, 0) is 63.8 Å². The number of amides is 3. The van der Waals surface area contributed by atoms with Gasteiger partial charge in [0, 0.05) is 64.4 Å². The number of aliphatic hydroxyl groups excluding tert-OH is 1. The van der Waals surface area contributed by atoms with E-state index < -0.39 is 59.5 Å². The molecule has 3 rings (SSSR count). The summed E-state index contributed by atoms with van der Waals surface area (Å²) in [5.41, 5.74) is 0.477. The predicted molar refractivity (Wildman–Crippen MR) is 209 cm³/mol. The lowest BCUT2D eigenvalue weighted by molar-refractivity contribution is -0.190. The zero-order valence-electron chi connectivity index (χ0n) is 33.8. The van der Waals surface area contributed by atoms with Crippen molar-refractivity contribution in [2.45, 2.75) is 147 Å². The topological polar surface area (TPSA) is 170 Å². The molecule has 0 spiro atoms. The van der Waals surface area contributed by atoms with E-state index in [1.165, 1.54) is 11.0 Å². The molecule has 1 aromatic carbocycles. The number of aliphatic hydroxyl groups is 1. The number of nitrogens with zero attached hydrogens (tertiary/aromatic N) is 1. The molecular formula is C42H63N3O10. The summed E-state index contributed by atoms with van der Waals surface area (Å²) in [6, 6.07) is 6.18. The van der Waals surface area contributed by atoms with Crippen LogP contribution in [-0.2, 0) is 38.1 Å². The van der Waals surface area contributed by atoms with Gasteiger partial charge < -0.3 is 39.6 Å². The second-order valence-corrected chi connectivity index (χ2v) is 15.6. The molecule has 0 aromatic heterocycles. The summed E-state index contributed by atoms with van der Waals surface area (Å²) in [4.78, 5) is 65.9. The van der Waals surface area contributed by atoms with Crippen LogP contribution in [-0.4, -0.2) is 103 Å². The van der Waals surface area contributed by atoms with E-state index >= 15 is 0 Å². The fraction of sp³-hybridized carbons (Fsp3) is 0.643. The maximum atomic E-state index is 13.8. The van der Waals surface area contributed by atoms with Crippen molar-refractivity contribution < 1.29 is 48.0 Å². The molecule has 2 aliphatic rings. The second-order valence-electron chi connectivity index (χ2n) is 15.6. The Morgan fingerprint density at radius 1 is 1.00 bits per heavy atom. The number of carbonyl (C=O) groups excluding carboxylic acids is 5. The van der Waals surface area contributed by atoms with Gasteiger partial charge in [-0.1, -0.05) is 57.7 Å². The fourth-order valence-electron chi connectivity index (χ4n) is 6.54. The minimum atomic E-state index is -0.884. The number of esters is 2. The van der Waals surface area contributed by atoms with Crippen LogP contribution in [0.1, 0.15) is 128 Å². The number of ether oxygens (including phenoxy) is 4. The van der Waals surface area contributed by atoms with Crippen molar-refractivity contribution in [1.82, 2.24) is 15.5 Å². The molecule has 1 heterocycles. The third kappa shape index (κ3) is 14.8. The van der Waals surface area contributed by atoms with Crippen LogP contribution < -0.4 is 10.6 Å². The fourth-order valence-corrected chi connectivity index (χ4v) is 6.54. The van der Waals surface area contributed by atoms with E-state index in [9.17, 15) is 29.1 Å². The van der Waals surface area contributed by atoms with Crippen molar-refractivity contribution in [3.05, 3.63) is 53.1 Å². The Hall–Kier alpha value is -4.07. The minimum absolute atomic E-state index is 0.00544. The molecule has 0 bridgehead atoms. The number of nitrogens with one attached hydrogen (secondary N) is 2. The molecule has 4 atom stereocenters. The molecule has 55 heavy (non-hydrogen) atoms. The highest BCUT2D eigenvalue weighted by atomic mass is 16.8. The minimum Gasteiger partial charge on any atom is -0.460 e. The molecule has 1 aromatic rings. The summed E-state index contributed by atoms with van der Waals surface area (Å²) in [6.45, 7) is 9.21. The molecule has 3 N–H and O–H groups in total. The molecule has 3 amide bonds. The largest absolute Gasteiger partial charge is 0.460 e. The van der Waals surface area contributed by atoms with E-state index in [1.54, 1.807) is 71.3 Å². The van der Waals surface area contributed by atoms with E-state index in [1.807, 2.05) is 0 Å². The van der Waals surface area contributed by atoms with E-state index in [4.69, 9.17) is 18.9 Å². The summed E-state index contributed by atoms with van der Waals surface area (Å²) in [5, 5.41) is 15.3. The highest BCUT2D eigenvalue weighted by Crippen LogP contribution is 2.43. The van der Waals surface area contributed by atoms with Gasteiger partial charge in [-0.15, -0.1) is 0 Å². The highest BCUT2D eigenvalue weighted by Gasteiger charge is 2.52. The lowest BCUT2D eigenvalue weighted by Crippen LogP contribution is -2.44. The van der Waals surface area contributed by atoms with Crippen LogP contribution in [0.5, 0.6) is 0 Å². The average molecular weight is 770 g/mol. The van der Waals surface area contributed by atoms with Crippen LogP contribution in [0.2, 0.25) is 0 Å². The Kier molecular flexibility index (Phi) is 18.0. The van der Waals surface area contributed by atoms with Gasteiger partial charge in [-0.2, -0.15) is 0 Å². The van der Waals surface area contributed by atoms with Gasteiger partial charge in [-0.25, -0.2) is 4.79 Å². The smallest absolute Gasteiger partial charge is 0.339 e. The van der Waals surface area contributed by atoms with Gasteiger partial charge in [0.2, 0.25) is 17.7 Å². The standard InChI is InChI=1S/C42H63N3O10/c1-8-10-14-23-42(24-15-11-9-2)53-34-27-30(39(50)43-25-22-35(47)44-31(28-46)19-21-37(49)54-41(3,4)5)26-33(38(34)55-42)52-40(51)32-17-13-12-16-29(32)18-20-36(48)45(6)7/h12-13,16-18,20,27,31,33-34,38,46H,8-11,14-15,19,21-26,28H2,1-7H3,(H,43,50)(H,44,47)/t31-,33+,34+,38-/m0/s1. The third-order valence-corrected chi connectivity index (χ3v) is 9.42. The lowest BCUT2D eigenvalue weighted by Gasteiger charge is -2.31. The molecule has 1 fully saturated rings. The maximum absolute atomic E-state index is 13.8. The number of carbonyl (C=O) groups is 5. The molecule has 0 radical (unpaired) electrons. The first kappa shape index (κ1) is 45.3. The lowest BCUT2D eigenvalue weighted by atomic mass is 9.91. The zero-order chi connectivity index (χ0) is 40.6. The summed E-state index contributed by atoms with van der Waals surface area (Å²) in [7, 11) is 3.28. The normalized spacial score (nSPS) is 19.6. The molecule has 1 aliphatic carbocycles. The summed E-state index contributed by atoms with van der Waals surface area (Å²) in [6.07, 6.45) is 9.98. The Bertz CT molecular complexity index is 1500. The van der Waals surface area contributed by atoms with Crippen molar-refractivity contribution in [2.75, 3.05) is 27.2 Å². The van der Waals surface area contributed by atoms with Crippen molar-refractivity contribution in [3.63, 3.8) is 0 Å². The van der Waals surface area contributed by atoms with Gasteiger partial charge in [0.1, 0.15) is 23.9 Å². The van der Waals surface area contributed by atoms with Gasteiger partial charge >= 0.3 is 11.9 Å². The summed E-state index contributed by atoms with van der Waals surface area (Å²) < 4.78 is 24.9. The van der Waals surface area contributed by atoms with E-state index in [2.05, 4.69) is 24.5 Å². The van der Waals surface area contributed by atoms with Crippen molar-refractivity contribution in [2.24, 2.45) is 0 Å². The first-order valence-electron chi connectivity index (χ1n) is 19.8. The SMILES string of the molecule is CCCCCC1(CCCCC)O[C@@H]2[C@@H](C=C(C(=O)NCCC(=O)N[C@H](CO)CCC(=O)OC(C)(C)C)C[C@H]2OC(=O)c2ccccc2C=CC(=O)N(C)C)O1. The number of rotatable bonds is 21. The number of hydrogen-bond acceptors (Lipinski definition) is 10. The molecule has 0 saturated carbocycles. The van der Waals surface area contributed by atoms with Gasteiger partial charge in [0.15, 0.2) is 5.79 Å². The van der Waals surface area contributed by atoms with Gasteiger partial charge in [-0.3, -0.25) is 19.2 Å². The van der Waals surface area contributed by atoms with Crippen LogP contribution in [0.4, 0.5) is 0 Å². The number of likely N-dealkylation sites (N-methyl/N-ethyl adjacent to an activating group) is 1. The monoisotopic (exact) mass is 769 g/mol. The number of benzene rings is 1. The van der Waals surface area contributed by atoms with Gasteiger partial charge in [0.05, 0.1) is 18.2 Å². The molecule has 1 aliphatic heterocycles. The molecule has 1 saturated heterocycles. The first-order chi connectivity index (χ1) is 26.1. The highest BCUT2D eigenvalue weighted by molar-refractivity contribution is 5.97. The third-order valence-electron chi connectivity index (χ3n) is 9.42. The van der Waals surface area contributed by atoms with Crippen LogP contribution in [0, 0.1) is 0 Å².